The molecule has 20 heavy (non-hydrogen) atoms. The van der Waals surface area contributed by atoms with Crippen LogP contribution in [0.1, 0.15) is 33.6 Å². The second-order valence-corrected chi connectivity index (χ2v) is 8.20. The first-order chi connectivity index (χ1) is 9.74. The summed E-state index contributed by atoms with van der Waals surface area (Å²) >= 11 is 11.3. The summed E-state index contributed by atoms with van der Waals surface area (Å²) in [5, 5.41) is 7.96. The third-order valence-electron chi connectivity index (χ3n) is 3.09. The van der Waals surface area contributed by atoms with Gasteiger partial charge in [-0.05, 0) is 41.9 Å². The van der Waals surface area contributed by atoms with Gasteiger partial charge >= 0.3 is 0 Å². The first-order valence-electron chi connectivity index (χ1n) is 6.32. The lowest BCUT2D eigenvalue weighted by molar-refractivity contribution is 0.533. The molecule has 0 aliphatic rings. The predicted molar refractivity (Wildman–Crippen MR) is 91.4 cm³/mol. The molecule has 1 nitrogen and oxygen atoms in total. The van der Waals surface area contributed by atoms with Crippen LogP contribution in [0.25, 0.3) is 0 Å². The zero-order valence-corrected chi connectivity index (χ0v) is 14.1. The number of hydrogen-bond donors (Lipinski definition) is 1. The zero-order valence-electron chi connectivity index (χ0n) is 10.9. The van der Waals surface area contributed by atoms with Gasteiger partial charge in [0.25, 0.3) is 0 Å². The second-order valence-electron chi connectivity index (χ2n) is 4.49. The Balaban J connectivity index is 1.87. The van der Waals surface area contributed by atoms with Crippen LogP contribution >= 0.6 is 45.6 Å². The fourth-order valence-corrected chi connectivity index (χ4v) is 4.87. The van der Waals surface area contributed by atoms with Crippen molar-refractivity contribution in [1.29, 1.82) is 0 Å². The summed E-state index contributed by atoms with van der Waals surface area (Å²) in [4.78, 5) is 3.95. The quantitative estimate of drug-likeness (QED) is 0.604. The maximum atomic E-state index is 6.10. The van der Waals surface area contributed by atoms with E-state index in [2.05, 4.69) is 53.3 Å². The molecule has 2 atom stereocenters. The minimum Gasteiger partial charge on any atom is -0.297 e. The highest BCUT2D eigenvalue weighted by molar-refractivity contribution is 7.16. The second kappa shape index (κ2) is 6.41. The average Bonchev–Trinajstić information content (AvgIpc) is 3.17. The highest BCUT2D eigenvalue weighted by atomic mass is 35.5. The van der Waals surface area contributed by atoms with Crippen LogP contribution in [0.4, 0.5) is 0 Å². The van der Waals surface area contributed by atoms with Gasteiger partial charge in [-0.1, -0.05) is 23.7 Å². The topological polar surface area (TPSA) is 12.0 Å². The summed E-state index contributed by atoms with van der Waals surface area (Å²) in [7, 11) is 0. The first-order valence-corrected chi connectivity index (χ1v) is 9.27. The van der Waals surface area contributed by atoms with Crippen molar-refractivity contribution in [3.05, 3.63) is 66.1 Å². The van der Waals surface area contributed by atoms with Gasteiger partial charge in [0.1, 0.15) is 0 Å². The molecule has 0 saturated heterocycles. The van der Waals surface area contributed by atoms with E-state index < -0.39 is 0 Å². The molecular formula is C15H14ClNS3. The number of nitrogens with one attached hydrogen (secondary N) is 1. The molecule has 3 aromatic rings. The molecule has 1 unspecified atom stereocenters. The van der Waals surface area contributed by atoms with Crippen molar-refractivity contribution in [2.45, 2.75) is 19.0 Å². The first kappa shape index (κ1) is 14.3. The lowest BCUT2D eigenvalue weighted by atomic mass is 10.1. The molecule has 0 saturated carbocycles. The van der Waals surface area contributed by atoms with E-state index in [0.29, 0.717) is 6.04 Å². The molecule has 0 amide bonds. The van der Waals surface area contributed by atoms with E-state index in [1.807, 2.05) is 6.07 Å². The number of rotatable bonds is 5. The van der Waals surface area contributed by atoms with E-state index in [9.17, 15) is 0 Å². The maximum Gasteiger partial charge on any atom is 0.0931 e. The molecule has 5 heteroatoms. The summed E-state index contributed by atoms with van der Waals surface area (Å²) in [5.74, 6) is 0. The highest BCUT2D eigenvalue weighted by Crippen LogP contribution is 2.35. The maximum absolute atomic E-state index is 6.10. The van der Waals surface area contributed by atoms with Gasteiger partial charge in [-0.25, -0.2) is 0 Å². The number of hydrogen-bond acceptors (Lipinski definition) is 4. The summed E-state index contributed by atoms with van der Waals surface area (Å²) in [6.07, 6.45) is 0. The summed E-state index contributed by atoms with van der Waals surface area (Å²) in [6, 6.07) is 13.2. The van der Waals surface area contributed by atoms with E-state index >= 15 is 0 Å². The molecule has 104 valence electrons. The lowest BCUT2D eigenvalue weighted by Crippen LogP contribution is -2.23. The SMILES string of the molecule is C[C@H](NC(c1cccs1)c1ccc(Cl)s1)c1cccs1. The van der Waals surface area contributed by atoms with Crippen LogP contribution in [0, 0.1) is 0 Å². The van der Waals surface area contributed by atoms with E-state index in [1.165, 1.54) is 14.6 Å². The van der Waals surface area contributed by atoms with E-state index in [4.69, 9.17) is 11.6 Å². The Bertz CT molecular complexity index is 643. The molecule has 0 radical (unpaired) electrons. The molecule has 3 aromatic heterocycles. The molecular weight excluding hydrogens is 326 g/mol. The van der Waals surface area contributed by atoms with Crippen LogP contribution in [0.2, 0.25) is 4.34 Å². The molecule has 0 aliphatic carbocycles. The Hall–Kier alpha value is -0.650. The molecule has 1 N–H and O–H groups in total. The molecule has 0 aromatic carbocycles. The van der Waals surface area contributed by atoms with Crippen LogP contribution in [-0.4, -0.2) is 0 Å². The fourth-order valence-electron chi connectivity index (χ4n) is 2.11. The minimum absolute atomic E-state index is 0.213. The summed E-state index contributed by atoms with van der Waals surface area (Å²) in [5.41, 5.74) is 0. The number of halogens is 1. The zero-order chi connectivity index (χ0) is 13.9. The van der Waals surface area contributed by atoms with Crippen molar-refractivity contribution in [2.24, 2.45) is 0 Å². The Morgan fingerprint density at radius 3 is 2.20 bits per heavy atom. The van der Waals surface area contributed by atoms with E-state index in [0.717, 1.165) is 4.34 Å². The van der Waals surface area contributed by atoms with Gasteiger partial charge in [-0.15, -0.1) is 34.0 Å². The van der Waals surface area contributed by atoms with Crippen LogP contribution in [0.15, 0.2) is 47.2 Å². The van der Waals surface area contributed by atoms with E-state index in [1.54, 1.807) is 34.0 Å². The monoisotopic (exact) mass is 339 g/mol. The van der Waals surface area contributed by atoms with Crippen molar-refractivity contribution < 1.29 is 0 Å². The Labute approximate surface area is 135 Å². The standard InChI is InChI=1S/C15H14ClNS3/c1-10(11-4-2-8-18-11)17-15(12-5-3-9-19-12)13-6-7-14(16)20-13/h2-10,15,17H,1H3/t10-,15?/m0/s1. The summed E-state index contributed by atoms with van der Waals surface area (Å²) < 4.78 is 0.840. The van der Waals surface area contributed by atoms with Crippen LogP contribution in [0.5, 0.6) is 0 Å². The molecule has 3 rings (SSSR count). The minimum atomic E-state index is 0.213. The average molecular weight is 340 g/mol. The Morgan fingerprint density at radius 2 is 1.65 bits per heavy atom. The third-order valence-corrected chi connectivity index (χ3v) is 6.38. The van der Waals surface area contributed by atoms with E-state index in [-0.39, 0.29) is 6.04 Å². The molecule has 0 bridgehead atoms. The number of thiophene rings is 3. The predicted octanol–water partition coefficient (Wildman–Crippen LogP) is 5.96. The van der Waals surface area contributed by atoms with Crippen LogP contribution in [-0.2, 0) is 0 Å². The van der Waals surface area contributed by atoms with Gasteiger partial charge < -0.3 is 0 Å². The highest BCUT2D eigenvalue weighted by Gasteiger charge is 2.20. The Kier molecular flexibility index (Phi) is 4.58. The molecule has 0 fully saturated rings. The summed E-state index contributed by atoms with van der Waals surface area (Å²) in [6.45, 7) is 2.21. The lowest BCUT2D eigenvalue weighted by Gasteiger charge is -2.21. The third kappa shape index (κ3) is 3.15. The van der Waals surface area contributed by atoms with Crippen molar-refractivity contribution in [1.82, 2.24) is 5.32 Å². The largest absolute Gasteiger partial charge is 0.297 e. The van der Waals surface area contributed by atoms with Crippen molar-refractivity contribution in [2.75, 3.05) is 0 Å². The molecule has 0 spiro atoms. The van der Waals surface area contributed by atoms with Crippen LogP contribution in [0.3, 0.4) is 0 Å². The van der Waals surface area contributed by atoms with Gasteiger partial charge in [0.2, 0.25) is 0 Å². The van der Waals surface area contributed by atoms with Gasteiger partial charge in [-0.3, -0.25) is 5.32 Å². The Morgan fingerprint density at radius 1 is 0.950 bits per heavy atom. The molecule has 3 heterocycles. The van der Waals surface area contributed by atoms with Crippen molar-refractivity contribution in [3.63, 3.8) is 0 Å². The normalized spacial score (nSPS) is 14.3. The van der Waals surface area contributed by atoms with Gasteiger partial charge in [0.15, 0.2) is 0 Å². The van der Waals surface area contributed by atoms with Gasteiger partial charge in [0, 0.05) is 20.7 Å². The van der Waals surface area contributed by atoms with Crippen LogP contribution < -0.4 is 5.32 Å². The van der Waals surface area contributed by atoms with Gasteiger partial charge in [-0.2, -0.15) is 0 Å². The molecule has 0 aliphatic heterocycles. The van der Waals surface area contributed by atoms with Crippen molar-refractivity contribution >= 4 is 45.6 Å². The van der Waals surface area contributed by atoms with Crippen molar-refractivity contribution in [3.8, 4) is 0 Å². The fraction of sp³-hybridized carbons (Fsp3) is 0.200. The smallest absolute Gasteiger partial charge is 0.0931 e. The van der Waals surface area contributed by atoms with Gasteiger partial charge in [0.05, 0.1) is 10.4 Å².